The zero-order valence-electron chi connectivity index (χ0n) is 9.60. The van der Waals surface area contributed by atoms with Gasteiger partial charge in [-0.25, -0.2) is 0 Å². The van der Waals surface area contributed by atoms with Crippen LogP contribution in [-0.4, -0.2) is 21.9 Å². The van der Waals surface area contributed by atoms with Crippen molar-refractivity contribution < 1.29 is 14.6 Å². The quantitative estimate of drug-likeness (QED) is 0.657. The number of phenolic OH excluding ortho intramolecular Hbond substituents is 1. The molecule has 0 radical (unpaired) electrons. The molecule has 1 aromatic carbocycles. The van der Waals surface area contributed by atoms with E-state index in [0.29, 0.717) is 27.1 Å². The Balaban J connectivity index is 2.35. The van der Waals surface area contributed by atoms with Gasteiger partial charge in [-0.1, -0.05) is 36.1 Å². The van der Waals surface area contributed by atoms with Crippen molar-refractivity contribution in [2.75, 3.05) is 6.61 Å². The minimum Gasteiger partial charge on any atom is -0.504 e. The number of phenols is 1. The van der Waals surface area contributed by atoms with Crippen LogP contribution in [0.5, 0.6) is 11.5 Å². The molecule has 94 valence electrons. The molecule has 4 nitrogen and oxygen atoms in total. The molecule has 6 heteroatoms. The SMILES string of the molecule is CCOc1cccc(/C=C2\SC(=S)NC2=O)c1O. The molecule has 18 heavy (non-hydrogen) atoms. The number of aromatic hydroxyl groups is 1. The van der Waals surface area contributed by atoms with Crippen LogP contribution in [0.3, 0.4) is 0 Å². The topological polar surface area (TPSA) is 58.6 Å². The zero-order valence-corrected chi connectivity index (χ0v) is 11.2. The first-order chi connectivity index (χ1) is 8.61. The first-order valence-corrected chi connectivity index (χ1v) is 6.54. The Kier molecular flexibility index (Phi) is 3.88. The lowest BCUT2D eigenvalue weighted by Crippen LogP contribution is -2.17. The Morgan fingerprint density at radius 2 is 2.33 bits per heavy atom. The average Bonchev–Trinajstić information content (AvgIpc) is 2.63. The highest BCUT2D eigenvalue weighted by Gasteiger charge is 2.22. The normalized spacial score (nSPS) is 17.1. The van der Waals surface area contributed by atoms with Crippen LogP contribution in [0.15, 0.2) is 23.1 Å². The van der Waals surface area contributed by atoms with Crippen LogP contribution in [0, 0.1) is 0 Å². The summed E-state index contributed by atoms with van der Waals surface area (Å²) in [5.41, 5.74) is 0.531. The van der Waals surface area contributed by atoms with Crippen molar-refractivity contribution in [3.8, 4) is 11.5 Å². The molecule has 2 rings (SSSR count). The van der Waals surface area contributed by atoms with Crippen molar-refractivity contribution in [2.45, 2.75) is 6.92 Å². The second-order valence-corrected chi connectivity index (χ2v) is 5.20. The second kappa shape index (κ2) is 5.41. The fourth-order valence-corrected chi connectivity index (χ4v) is 2.53. The number of thiocarbonyl (C=S) groups is 1. The number of hydrogen-bond donors (Lipinski definition) is 2. The number of ether oxygens (including phenoxy) is 1. The number of para-hydroxylation sites is 1. The standard InChI is InChI=1S/C12H11NO3S2/c1-2-16-8-5-3-4-7(10(8)14)6-9-11(15)13-12(17)18-9/h3-6,14H,2H2,1H3,(H,13,15,17)/b9-6-. The first-order valence-electron chi connectivity index (χ1n) is 5.31. The summed E-state index contributed by atoms with van der Waals surface area (Å²) in [7, 11) is 0. The Morgan fingerprint density at radius 3 is 2.94 bits per heavy atom. The number of thioether (sulfide) groups is 1. The maximum Gasteiger partial charge on any atom is 0.263 e. The fraction of sp³-hybridized carbons (Fsp3) is 0.167. The molecule has 1 fully saturated rings. The number of carbonyl (C=O) groups is 1. The van der Waals surface area contributed by atoms with Crippen LogP contribution >= 0.6 is 24.0 Å². The summed E-state index contributed by atoms with van der Waals surface area (Å²) in [6.07, 6.45) is 1.59. The molecule has 1 aromatic rings. The molecule has 1 heterocycles. The van der Waals surface area contributed by atoms with E-state index in [1.54, 1.807) is 24.3 Å². The van der Waals surface area contributed by atoms with Crippen LogP contribution in [0.1, 0.15) is 12.5 Å². The van der Waals surface area contributed by atoms with Gasteiger partial charge in [0.15, 0.2) is 11.5 Å². The van der Waals surface area contributed by atoms with E-state index < -0.39 is 0 Å². The number of hydrogen-bond acceptors (Lipinski definition) is 5. The van der Waals surface area contributed by atoms with Gasteiger partial charge in [0, 0.05) is 5.56 Å². The molecule has 0 unspecified atom stereocenters. The summed E-state index contributed by atoms with van der Waals surface area (Å²) < 4.78 is 5.70. The second-order valence-electron chi connectivity index (χ2n) is 3.48. The van der Waals surface area contributed by atoms with Crippen molar-refractivity contribution >= 4 is 40.3 Å². The highest BCUT2D eigenvalue weighted by Crippen LogP contribution is 2.34. The van der Waals surface area contributed by atoms with Crippen LogP contribution in [0.4, 0.5) is 0 Å². The molecular weight excluding hydrogens is 270 g/mol. The van der Waals surface area contributed by atoms with Gasteiger partial charge < -0.3 is 15.2 Å². The zero-order chi connectivity index (χ0) is 13.1. The van der Waals surface area contributed by atoms with E-state index in [2.05, 4.69) is 5.32 Å². The largest absolute Gasteiger partial charge is 0.504 e. The Labute approximate surface area is 114 Å². The lowest BCUT2D eigenvalue weighted by Gasteiger charge is -2.07. The van der Waals surface area contributed by atoms with Gasteiger partial charge >= 0.3 is 0 Å². The Morgan fingerprint density at radius 1 is 1.56 bits per heavy atom. The van der Waals surface area contributed by atoms with Crippen LogP contribution in [0.2, 0.25) is 0 Å². The van der Waals surface area contributed by atoms with Gasteiger partial charge in [-0.15, -0.1) is 0 Å². The maximum absolute atomic E-state index is 11.5. The molecule has 0 saturated carbocycles. The Bertz CT molecular complexity index is 540. The predicted octanol–water partition coefficient (Wildman–Crippen LogP) is 2.28. The fourth-order valence-electron chi connectivity index (χ4n) is 1.49. The minimum atomic E-state index is -0.244. The summed E-state index contributed by atoms with van der Waals surface area (Å²) in [5, 5.41) is 12.5. The highest BCUT2D eigenvalue weighted by molar-refractivity contribution is 8.26. The van der Waals surface area contributed by atoms with Crippen molar-refractivity contribution in [3.63, 3.8) is 0 Å². The average molecular weight is 281 g/mol. The summed E-state index contributed by atoms with van der Waals surface area (Å²) in [6.45, 7) is 2.30. The smallest absolute Gasteiger partial charge is 0.263 e. The lowest BCUT2D eigenvalue weighted by molar-refractivity contribution is -0.115. The minimum absolute atomic E-state index is 0.0260. The molecule has 1 saturated heterocycles. The van der Waals surface area contributed by atoms with Gasteiger partial charge in [0.2, 0.25) is 0 Å². The molecule has 0 aromatic heterocycles. The lowest BCUT2D eigenvalue weighted by atomic mass is 10.1. The Hall–Kier alpha value is -1.53. The third kappa shape index (κ3) is 2.65. The van der Waals surface area contributed by atoms with E-state index in [4.69, 9.17) is 17.0 Å². The van der Waals surface area contributed by atoms with Crippen LogP contribution in [0.25, 0.3) is 6.08 Å². The molecule has 2 N–H and O–H groups in total. The predicted molar refractivity (Wildman–Crippen MR) is 75.6 cm³/mol. The van der Waals surface area contributed by atoms with E-state index in [1.165, 1.54) is 11.8 Å². The third-order valence-corrected chi connectivity index (χ3v) is 3.42. The molecule has 0 atom stereocenters. The number of carbonyl (C=O) groups excluding carboxylic acids is 1. The summed E-state index contributed by atoms with van der Waals surface area (Å²) in [5.74, 6) is 0.183. The van der Waals surface area contributed by atoms with E-state index in [9.17, 15) is 9.90 Å². The van der Waals surface area contributed by atoms with Crippen LogP contribution in [-0.2, 0) is 4.79 Å². The molecular formula is C12H11NO3S2. The number of benzene rings is 1. The van der Waals surface area contributed by atoms with Gasteiger partial charge in [-0.3, -0.25) is 4.79 Å². The van der Waals surface area contributed by atoms with Crippen LogP contribution < -0.4 is 10.1 Å². The molecule has 1 amide bonds. The number of amides is 1. The van der Waals surface area contributed by atoms with E-state index in [1.807, 2.05) is 6.92 Å². The summed E-state index contributed by atoms with van der Waals surface area (Å²) >= 11 is 6.07. The molecule has 0 spiro atoms. The molecule has 1 aliphatic rings. The van der Waals surface area contributed by atoms with E-state index in [0.717, 1.165) is 0 Å². The van der Waals surface area contributed by atoms with Crippen molar-refractivity contribution in [1.29, 1.82) is 0 Å². The molecule has 1 aliphatic heterocycles. The monoisotopic (exact) mass is 281 g/mol. The van der Waals surface area contributed by atoms with Crippen molar-refractivity contribution in [2.24, 2.45) is 0 Å². The van der Waals surface area contributed by atoms with E-state index in [-0.39, 0.29) is 11.7 Å². The maximum atomic E-state index is 11.5. The van der Waals surface area contributed by atoms with Crippen molar-refractivity contribution in [1.82, 2.24) is 5.32 Å². The molecule has 0 bridgehead atoms. The van der Waals surface area contributed by atoms with E-state index >= 15 is 0 Å². The van der Waals surface area contributed by atoms with Crippen molar-refractivity contribution in [3.05, 3.63) is 28.7 Å². The third-order valence-electron chi connectivity index (χ3n) is 2.26. The van der Waals surface area contributed by atoms with Gasteiger partial charge in [0.05, 0.1) is 11.5 Å². The van der Waals surface area contributed by atoms with Gasteiger partial charge in [0.1, 0.15) is 4.32 Å². The first kappa shape index (κ1) is 12.9. The van der Waals surface area contributed by atoms with Gasteiger partial charge in [0.25, 0.3) is 5.91 Å². The number of rotatable bonds is 3. The summed E-state index contributed by atoms with van der Waals surface area (Å²) in [4.78, 5) is 12.0. The highest BCUT2D eigenvalue weighted by atomic mass is 32.2. The number of nitrogens with one attached hydrogen (secondary N) is 1. The van der Waals surface area contributed by atoms with Gasteiger partial charge in [-0.05, 0) is 19.1 Å². The molecule has 0 aliphatic carbocycles. The summed E-state index contributed by atoms with van der Waals surface area (Å²) in [6, 6.07) is 5.14. The van der Waals surface area contributed by atoms with Gasteiger partial charge in [-0.2, -0.15) is 0 Å².